The monoisotopic (exact) mass is 284 g/mol. The summed E-state index contributed by atoms with van der Waals surface area (Å²) >= 11 is 0. The first-order chi connectivity index (χ1) is 10.2. The van der Waals surface area contributed by atoms with Gasteiger partial charge in [0.15, 0.2) is 0 Å². The second-order valence-electron chi connectivity index (χ2n) is 5.89. The van der Waals surface area contributed by atoms with Gasteiger partial charge in [0.05, 0.1) is 6.04 Å². The number of hydrogen-bond acceptors (Lipinski definition) is 1. The third kappa shape index (κ3) is 2.15. The van der Waals surface area contributed by atoms with Gasteiger partial charge >= 0.3 is 0 Å². The third-order valence-corrected chi connectivity index (χ3v) is 4.47. The van der Waals surface area contributed by atoms with Crippen LogP contribution in [0, 0.1) is 5.82 Å². The molecule has 1 aliphatic carbocycles. The van der Waals surface area contributed by atoms with Crippen LogP contribution in [-0.4, -0.2) is 21.9 Å². The first-order valence-electron chi connectivity index (χ1n) is 7.47. The molecule has 0 N–H and O–H groups in total. The third-order valence-electron chi connectivity index (χ3n) is 4.47. The number of carbonyl (C=O) groups is 1. The molecule has 1 atom stereocenters. The lowest BCUT2D eigenvalue weighted by molar-refractivity contribution is 0.0449. The van der Waals surface area contributed by atoms with E-state index < -0.39 is 0 Å². The van der Waals surface area contributed by atoms with Crippen molar-refractivity contribution in [1.29, 1.82) is 0 Å². The molecule has 2 heterocycles. The summed E-state index contributed by atoms with van der Waals surface area (Å²) in [5.74, 6) is -0.147. The van der Waals surface area contributed by atoms with Crippen LogP contribution < -0.4 is 0 Å². The van der Waals surface area contributed by atoms with Gasteiger partial charge in [-0.2, -0.15) is 0 Å². The van der Waals surface area contributed by atoms with Crippen molar-refractivity contribution in [3.05, 3.63) is 59.7 Å². The van der Waals surface area contributed by atoms with Crippen LogP contribution in [0.15, 0.2) is 42.6 Å². The zero-order valence-corrected chi connectivity index (χ0v) is 11.7. The Bertz CT molecular complexity index is 672. The minimum absolute atomic E-state index is 0.0839. The van der Waals surface area contributed by atoms with Gasteiger partial charge in [0.2, 0.25) is 0 Å². The molecule has 1 aromatic heterocycles. The lowest BCUT2D eigenvalue weighted by atomic mass is 9.94. The number of hydrogen-bond donors (Lipinski definition) is 0. The Labute approximate surface area is 123 Å². The molecule has 1 amide bonds. The predicted molar refractivity (Wildman–Crippen MR) is 77.5 cm³/mol. The van der Waals surface area contributed by atoms with Crippen LogP contribution in [-0.2, 0) is 0 Å². The van der Waals surface area contributed by atoms with Crippen LogP contribution >= 0.6 is 0 Å². The predicted octanol–water partition coefficient (Wildman–Crippen LogP) is 3.55. The van der Waals surface area contributed by atoms with Gasteiger partial charge in [0.25, 0.3) is 5.91 Å². The van der Waals surface area contributed by atoms with Crippen LogP contribution in [0.25, 0.3) is 0 Å². The summed E-state index contributed by atoms with van der Waals surface area (Å²) in [6.07, 6.45) is 5.27. The number of carbonyl (C=O) groups excluding carboxylic acids is 1. The quantitative estimate of drug-likeness (QED) is 0.846. The highest BCUT2D eigenvalue weighted by atomic mass is 19.1. The Morgan fingerprint density at radius 1 is 1.10 bits per heavy atom. The number of benzene rings is 1. The minimum atomic E-state index is -0.237. The minimum Gasteiger partial charge on any atom is -0.340 e. The Balaban J connectivity index is 1.57. The lowest BCUT2D eigenvalue weighted by Gasteiger charge is -2.41. The SMILES string of the molecule is O=C(c1cccn1C1CC1)N1CCC1c1ccc(F)cc1. The van der Waals surface area contributed by atoms with E-state index in [0.29, 0.717) is 6.04 Å². The average Bonchev–Trinajstić information content (AvgIpc) is 3.17. The first-order valence-corrected chi connectivity index (χ1v) is 7.47. The number of rotatable bonds is 3. The van der Waals surface area contributed by atoms with Gasteiger partial charge in [-0.25, -0.2) is 4.39 Å². The maximum atomic E-state index is 13.0. The highest BCUT2D eigenvalue weighted by Crippen LogP contribution is 2.38. The fourth-order valence-corrected chi connectivity index (χ4v) is 3.06. The summed E-state index contributed by atoms with van der Waals surface area (Å²) in [5.41, 5.74) is 1.80. The molecule has 0 bridgehead atoms. The molecule has 2 fully saturated rings. The molecule has 3 nitrogen and oxygen atoms in total. The molecule has 1 saturated carbocycles. The van der Waals surface area contributed by atoms with Crippen LogP contribution in [0.1, 0.15) is 47.4 Å². The van der Waals surface area contributed by atoms with E-state index in [-0.39, 0.29) is 17.8 Å². The molecule has 1 saturated heterocycles. The summed E-state index contributed by atoms with van der Waals surface area (Å²) in [5, 5.41) is 0. The van der Waals surface area contributed by atoms with Crippen molar-refractivity contribution in [3.8, 4) is 0 Å². The van der Waals surface area contributed by atoms with Crippen LogP contribution in [0.5, 0.6) is 0 Å². The van der Waals surface area contributed by atoms with Crippen molar-refractivity contribution >= 4 is 5.91 Å². The summed E-state index contributed by atoms with van der Waals surface area (Å²) < 4.78 is 15.1. The molecule has 2 aliphatic rings. The van der Waals surface area contributed by atoms with Gasteiger partial charge in [0.1, 0.15) is 11.5 Å². The fraction of sp³-hybridized carbons (Fsp3) is 0.353. The van der Waals surface area contributed by atoms with E-state index in [1.165, 1.54) is 12.1 Å². The smallest absolute Gasteiger partial charge is 0.271 e. The van der Waals surface area contributed by atoms with E-state index in [2.05, 4.69) is 4.57 Å². The zero-order valence-electron chi connectivity index (χ0n) is 11.7. The molecule has 1 unspecified atom stereocenters. The van der Waals surface area contributed by atoms with Crippen LogP contribution in [0.4, 0.5) is 4.39 Å². The maximum absolute atomic E-state index is 13.0. The van der Waals surface area contributed by atoms with E-state index in [4.69, 9.17) is 0 Å². The molecule has 21 heavy (non-hydrogen) atoms. The first kappa shape index (κ1) is 12.6. The van der Waals surface area contributed by atoms with Crippen molar-refractivity contribution in [2.45, 2.75) is 31.3 Å². The molecule has 0 spiro atoms. The van der Waals surface area contributed by atoms with E-state index in [9.17, 15) is 9.18 Å². The van der Waals surface area contributed by atoms with Crippen molar-refractivity contribution in [1.82, 2.24) is 9.47 Å². The van der Waals surface area contributed by atoms with Gasteiger partial charge in [-0.3, -0.25) is 4.79 Å². The van der Waals surface area contributed by atoms with Crippen LogP contribution in [0.3, 0.4) is 0 Å². The van der Waals surface area contributed by atoms with Gasteiger partial charge in [-0.1, -0.05) is 12.1 Å². The zero-order chi connectivity index (χ0) is 14.4. The molecular weight excluding hydrogens is 267 g/mol. The Morgan fingerprint density at radius 3 is 2.48 bits per heavy atom. The highest BCUT2D eigenvalue weighted by molar-refractivity contribution is 5.93. The van der Waals surface area contributed by atoms with Crippen LogP contribution in [0.2, 0.25) is 0 Å². The summed E-state index contributed by atoms with van der Waals surface area (Å²) in [6, 6.07) is 10.9. The standard InChI is InChI=1S/C17H17FN2O/c18-13-5-3-12(4-6-13)15-9-11-20(15)17(21)16-2-1-10-19(16)14-7-8-14/h1-6,10,14-15H,7-9,11H2. The molecule has 108 valence electrons. The molecule has 2 aromatic rings. The molecule has 4 rings (SSSR count). The van der Waals surface area contributed by atoms with Gasteiger partial charge in [-0.15, -0.1) is 0 Å². The van der Waals surface area contributed by atoms with Crippen molar-refractivity contribution in [2.24, 2.45) is 0 Å². The van der Waals surface area contributed by atoms with E-state index in [1.54, 1.807) is 12.1 Å². The summed E-state index contributed by atoms with van der Waals surface area (Å²) in [7, 11) is 0. The fourth-order valence-electron chi connectivity index (χ4n) is 3.06. The maximum Gasteiger partial charge on any atom is 0.271 e. The van der Waals surface area contributed by atoms with Gasteiger partial charge < -0.3 is 9.47 Å². The average molecular weight is 284 g/mol. The molecular formula is C17H17FN2O. The normalized spacial score (nSPS) is 21.2. The van der Waals surface area contributed by atoms with Gasteiger partial charge in [-0.05, 0) is 49.1 Å². The van der Waals surface area contributed by atoms with Crippen molar-refractivity contribution in [2.75, 3.05) is 6.54 Å². The largest absolute Gasteiger partial charge is 0.340 e. The number of amides is 1. The van der Waals surface area contributed by atoms with E-state index >= 15 is 0 Å². The second kappa shape index (κ2) is 4.72. The Hall–Kier alpha value is -2.10. The summed E-state index contributed by atoms with van der Waals surface area (Å²) in [4.78, 5) is 14.6. The molecule has 0 radical (unpaired) electrons. The molecule has 1 aromatic carbocycles. The number of halogens is 1. The van der Waals surface area contributed by atoms with E-state index in [0.717, 1.165) is 37.1 Å². The number of likely N-dealkylation sites (tertiary alicyclic amines) is 1. The van der Waals surface area contributed by atoms with Crippen molar-refractivity contribution in [3.63, 3.8) is 0 Å². The number of nitrogens with zero attached hydrogens (tertiary/aromatic N) is 2. The summed E-state index contributed by atoms with van der Waals surface area (Å²) in [6.45, 7) is 0.775. The Kier molecular flexibility index (Phi) is 2.84. The number of aromatic nitrogens is 1. The molecule has 1 aliphatic heterocycles. The Morgan fingerprint density at radius 2 is 1.86 bits per heavy atom. The van der Waals surface area contributed by atoms with E-state index in [1.807, 2.05) is 23.2 Å². The molecule has 4 heteroatoms. The van der Waals surface area contributed by atoms with Gasteiger partial charge in [0, 0.05) is 18.8 Å². The lowest BCUT2D eigenvalue weighted by Crippen LogP contribution is -2.45. The highest BCUT2D eigenvalue weighted by Gasteiger charge is 2.36. The second-order valence-corrected chi connectivity index (χ2v) is 5.89. The topological polar surface area (TPSA) is 25.2 Å². The van der Waals surface area contributed by atoms with Crippen molar-refractivity contribution < 1.29 is 9.18 Å².